The average Bonchev–Trinajstić information content (AvgIpc) is 2.60. The van der Waals surface area contributed by atoms with Crippen LogP contribution in [-0.4, -0.2) is 30.9 Å². The molecule has 124 valence electrons. The van der Waals surface area contributed by atoms with E-state index in [0.29, 0.717) is 23.6 Å². The Bertz CT molecular complexity index is 780. The fraction of sp³-hybridized carbons (Fsp3) is 0.263. The average molecular weight is 325 g/mol. The third kappa shape index (κ3) is 2.73. The highest BCUT2D eigenvalue weighted by Crippen LogP contribution is 2.34. The fourth-order valence-electron chi connectivity index (χ4n) is 2.66. The number of Topliss-reactive ketones (excluding diaryl/α,β-unsaturated/α-hetero) is 1. The van der Waals surface area contributed by atoms with E-state index in [1.807, 2.05) is 43.0 Å². The fourth-order valence-corrected chi connectivity index (χ4v) is 2.66. The summed E-state index contributed by atoms with van der Waals surface area (Å²) in [4.78, 5) is 25.5. The number of esters is 1. The number of anilines is 1. The Morgan fingerprint density at radius 2 is 1.75 bits per heavy atom. The molecule has 0 spiro atoms. The second kappa shape index (κ2) is 6.00. The van der Waals surface area contributed by atoms with E-state index in [0.717, 1.165) is 5.69 Å². The van der Waals surface area contributed by atoms with Gasteiger partial charge in [-0.1, -0.05) is 12.1 Å². The van der Waals surface area contributed by atoms with E-state index < -0.39 is 11.5 Å². The smallest absolute Gasteiger partial charge is 0.341 e. The Balaban J connectivity index is 1.79. The van der Waals surface area contributed by atoms with Gasteiger partial charge in [-0.05, 0) is 50.2 Å². The molecule has 5 heteroatoms. The molecule has 0 unspecified atom stereocenters. The maximum atomic E-state index is 11.8. The van der Waals surface area contributed by atoms with Crippen LogP contribution < -0.4 is 9.64 Å². The van der Waals surface area contributed by atoms with Crippen molar-refractivity contribution < 1.29 is 19.1 Å². The van der Waals surface area contributed by atoms with Crippen molar-refractivity contribution in [2.45, 2.75) is 19.4 Å². The highest BCUT2D eigenvalue weighted by atomic mass is 16.5. The van der Waals surface area contributed by atoms with E-state index in [9.17, 15) is 9.59 Å². The maximum Gasteiger partial charge on any atom is 0.341 e. The molecule has 1 saturated heterocycles. The number of benzene rings is 2. The van der Waals surface area contributed by atoms with Crippen molar-refractivity contribution >= 4 is 17.4 Å². The predicted molar refractivity (Wildman–Crippen MR) is 90.7 cm³/mol. The van der Waals surface area contributed by atoms with Crippen molar-refractivity contribution in [3.05, 3.63) is 54.1 Å². The van der Waals surface area contributed by atoms with Gasteiger partial charge in [0, 0.05) is 5.69 Å². The molecular weight excluding hydrogens is 306 g/mol. The zero-order valence-electron chi connectivity index (χ0n) is 13.9. The van der Waals surface area contributed by atoms with Gasteiger partial charge in [0.2, 0.25) is 0 Å². The molecule has 3 rings (SSSR count). The lowest BCUT2D eigenvalue weighted by atomic mass is 9.86. The first-order chi connectivity index (χ1) is 11.4. The molecule has 1 aliphatic heterocycles. The standard InChI is InChI=1S/C19H19NO4/c1-19(2)17(21)12-20(19)13-8-10-14(11-9-13)24-16-7-5-4-6-15(16)18(22)23-3/h4-11H,12H2,1-3H3. The van der Waals surface area contributed by atoms with Gasteiger partial charge in [-0.2, -0.15) is 0 Å². The van der Waals surface area contributed by atoms with Crippen molar-refractivity contribution in [3.8, 4) is 11.5 Å². The molecule has 5 nitrogen and oxygen atoms in total. The van der Waals surface area contributed by atoms with Crippen LogP contribution in [0.2, 0.25) is 0 Å². The second-order valence-electron chi connectivity index (χ2n) is 6.15. The van der Waals surface area contributed by atoms with Crippen molar-refractivity contribution in [1.29, 1.82) is 0 Å². The molecule has 0 N–H and O–H groups in total. The molecule has 2 aromatic rings. The van der Waals surface area contributed by atoms with Gasteiger partial charge >= 0.3 is 5.97 Å². The maximum absolute atomic E-state index is 11.8. The lowest BCUT2D eigenvalue weighted by molar-refractivity contribution is -0.127. The van der Waals surface area contributed by atoms with Crippen LogP contribution >= 0.6 is 0 Å². The van der Waals surface area contributed by atoms with Crippen LogP contribution in [0.1, 0.15) is 24.2 Å². The molecule has 2 aromatic carbocycles. The molecule has 1 fully saturated rings. The summed E-state index contributed by atoms with van der Waals surface area (Å²) < 4.78 is 10.6. The van der Waals surface area contributed by atoms with Gasteiger partial charge in [0.05, 0.1) is 19.2 Å². The SMILES string of the molecule is COC(=O)c1ccccc1Oc1ccc(N2CC(=O)C2(C)C)cc1. The molecule has 0 atom stereocenters. The summed E-state index contributed by atoms with van der Waals surface area (Å²) in [7, 11) is 1.34. The summed E-state index contributed by atoms with van der Waals surface area (Å²) in [6.07, 6.45) is 0. The van der Waals surface area contributed by atoms with E-state index in [2.05, 4.69) is 0 Å². The van der Waals surface area contributed by atoms with Gasteiger partial charge in [-0.3, -0.25) is 4.79 Å². The molecule has 0 amide bonds. The van der Waals surface area contributed by atoms with Crippen LogP contribution in [0.15, 0.2) is 48.5 Å². The van der Waals surface area contributed by atoms with Crippen LogP contribution in [-0.2, 0) is 9.53 Å². The van der Waals surface area contributed by atoms with Crippen LogP contribution in [0.25, 0.3) is 0 Å². The van der Waals surface area contributed by atoms with Gasteiger partial charge < -0.3 is 14.4 Å². The highest BCUT2D eigenvalue weighted by Gasteiger charge is 2.44. The minimum Gasteiger partial charge on any atom is -0.465 e. The quantitative estimate of drug-likeness (QED) is 0.806. The van der Waals surface area contributed by atoms with E-state index in [1.165, 1.54) is 7.11 Å². The van der Waals surface area contributed by atoms with Crippen molar-refractivity contribution in [2.24, 2.45) is 0 Å². The number of methoxy groups -OCH3 is 1. The van der Waals surface area contributed by atoms with Gasteiger partial charge in [-0.15, -0.1) is 0 Å². The van der Waals surface area contributed by atoms with Gasteiger partial charge in [0.15, 0.2) is 5.78 Å². The lowest BCUT2D eigenvalue weighted by Crippen LogP contribution is -2.65. The zero-order valence-corrected chi connectivity index (χ0v) is 13.9. The number of hydrogen-bond acceptors (Lipinski definition) is 5. The Morgan fingerprint density at radius 3 is 2.33 bits per heavy atom. The summed E-state index contributed by atoms with van der Waals surface area (Å²) >= 11 is 0. The molecule has 1 aliphatic rings. The lowest BCUT2D eigenvalue weighted by Gasteiger charge is -2.48. The molecular formula is C19H19NO4. The van der Waals surface area contributed by atoms with Gasteiger partial charge in [-0.25, -0.2) is 4.79 Å². The minimum atomic E-state index is -0.458. The number of para-hydroxylation sites is 1. The number of hydrogen-bond donors (Lipinski definition) is 0. The van der Waals surface area contributed by atoms with Crippen molar-refractivity contribution in [2.75, 3.05) is 18.6 Å². The van der Waals surface area contributed by atoms with Crippen LogP contribution in [0, 0.1) is 0 Å². The Hall–Kier alpha value is -2.82. The molecule has 0 bridgehead atoms. The Labute approximate surface area is 140 Å². The largest absolute Gasteiger partial charge is 0.465 e. The first-order valence-corrected chi connectivity index (χ1v) is 7.69. The number of ketones is 1. The summed E-state index contributed by atoms with van der Waals surface area (Å²) in [6.45, 7) is 4.25. The molecule has 1 heterocycles. The second-order valence-corrected chi connectivity index (χ2v) is 6.15. The third-order valence-corrected chi connectivity index (χ3v) is 4.33. The minimum absolute atomic E-state index is 0.231. The van der Waals surface area contributed by atoms with E-state index in [4.69, 9.17) is 9.47 Å². The molecule has 24 heavy (non-hydrogen) atoms. The number of carbonyl (C=O) groups is 2. The Morgan fingerprint density at radius 1 is 1.08 bits per heavy atom. The zero-order chi connectivity index (χ0) is 17.3. The van der Waals surface area contributed by atoms with Gasteiger partial charge in [0.25, 0.3) is 0 Å². The van der Waals surface area contributed by atoms with Crippen molar-refractivity contribution in [3.63, 3.8) is 0 Å². The topological polar surface area (TPSA) is 55.8 Å². The first kappa shape index (κ1) is 16.1. The summed E-state index contributed by atoms with van der Waals surface area (Å²) in [5.41, 5.74) is 0.881. The number of carbonyl (C=O) groups excluding carboxylic acids is 2. The number of nitrogens with zero attached hydrogens (tertiary/aromatic N) is 1. The number of ether oxygens (including phenoxy) is 2. The predicted octanol–water partition coefficient (Wildman–Crippen LogP) is 3.43. The third-order valence-electron chi connectivity index (χ3n) is 4.33. The summed E-state index contributed by atoms with van der Waals surface area (Å²) in [5.74, 6) is 0.842. The monoisotopic (exact) mass is 325 g/mol. The van der Waals surface area contributed by atoms with Gasteiger partial charge in [0.1, 0.15) is 17.1 Å². The van der Waals surface area contributed by atoms with E-state index in [-0.39, 0.29) is 5.78 Å². The highest BCUT2D eigenvalue weighted by molar-refractivity contribution is 6.02. The molecule has 0 aliphatic carbocycles. The normalized spacial score (nSPS) is 15.6. The number of rotatable bonds is 4. The van der Waals surface area contributed by atoms with Crippen molar-refractivity contribution in [1.82, 2.24) is 0 Å². The van der Waals surface area contributed by atoms with Crippen LogP contribution in [0.3, 0.4) is 0 Å². The van der Waals surface area contributed by atoms with E-state index >= 15 is 0 Å². The Kier molecular flexibility index (Phi) is 4.01. The molecule has 0 radical (unpaired) electrons. The molecule has 0 aromatic heterocycles. The summed E-state index contributed by atoms with van der Waals surface area (Å²) in [5, 5.41) is 0. The van der Waals surface area contributed by atoms with Crippen LogP contribution in [0.5, 0.6) is 11.5 Å². The first-order valence-electron chi connectivity index (χ1n) is 7.69. The van der Waals surface area contributed by atoms with E-state index in [1.54, 1.807) is 24.3 Å². The molecule has 0 saturated carbocycles. The van der Waals surface area contributed by atoms with Crippen LogP contribution in [0.4, 0.5) is 5.69 Å². The summed E-state index contributed by atoms with van der Waals surface area (Å²) in [6, 6.07) is 14.4.